The first-order valence-corrected chi connectivity index (χ1v) is 6.50. The topological polar surface area (TPSA) is 44.4 Å². The highest BCUT2D eigenvalue weighted by Gasteiger charge is 2.22. The van der Waals surface area contributed by atoms with Crippen molar-refractivity contribution in [2.24, 2.45) is 0 Å². The number of rotatable bonds is 1. The summed E-state index contributed by atoms with van der Waals surface area (Å²) in [5.41, 5.74) is 1.74. The van der Waals surface area contributed by atoms with Crippen LogP contribution in [0.3, 0.4) is 0 Å². The molecule has 1 aromatic rings. The average molecular weight is 268 g/mol. The van der Waals surface area contributed by atoms with Crippen LogP contribution in [-0.4, -0.2) is 36.6 Å². The summed E-state index contributed by atoms with van der Waals surface area (Å²) in [5, 5.41) is 6.81. The normalized spacial score (nSPS) is 19.7. The third-order valence-electron chi connectivity index (χ3n) is 3.19. The van der Waals surface area contributed by atoms with Crippen molar-refractivity contribution in [3.05, 3.63) is 28.8 Å². The van der Waals surface area contributed by atoms with Gasteiger partial charge in [-0.25, -0.2) is 4.79 Å². The Bertz CT molecular complexity index is 450. The molecule has 0 aliphatic carbocycles. The fourth-order valence-corrected chi connectivity index (χ4v) is 2.19. The molecule has 98 valence electrons. The zero-order chi connectivity index (χ0) is 13.1. The lowest BCUT2D eigenvalue weighted by atomic mass is 10.2. The van der Waals surface area contributed by atoms with E-state index in [9.17, 15) is 4.79 Å². The Labute approximate surface area is 112 Å². The first-order chi connectivity index (χ1) is 8.58. The number of hydrogen-bond acceptors (Lipinski definition) is 2. The number of urea groups is 1. The van der Waals surface area contributed by atoms with Gasteiger partial charge >= 0.3 is 6.03 Å². The Balaban J connectivity index is 2.04. The Morgan fingerprint density at radius 2 is 2.33 bits per heavy atom. The number of nitrogens with one attached hydrogen (secondary N) is 2. The summed E-state index contributed by atoms with van der Waals surface area (Å²) in [6, 6.07) is 5.69. The van der Waals surface area contributed by atoms with Crippen molar-refractivity contribution < 1.29 is 4.79 Å². The van der Waals surface area contributed by atoms with E-state index >= 15 is 0 Å². The fourth-order valence-electron chi connectivity index (χ4n) is 2.01. The van der Waals surface area contributed by atoms with Gasteiger partial charge in [-0.05, 0) is 31.5 Å². The molecule has 0 bridgehead atoms. The number of aryl methyl sites for hydroxylation is 1. The standard InChI is InChI=1S/C13H18ClN3O/c1-9-3-4-11(7-12(9)14)16-13(18)17-6-5-15-8-10(17)2/h3-4,7,10,15H,5-6,8H2,1-2H3,(H,16,18)/t10-/m0/s1. The predicted molar refractivity (Wildman–Crippen MR) is 74.2 cm³/mol. The van der Waals surface area contributed by atoms with Crippen molar-refractivity contribution in [1.82, 2.24) is 10.2 Å². The van der Waals surface area contributed by atoms with Gasteiger partial charge < -0.3 is 15.5 Å². The minimum absolute atomic E-state index is 0.0658. The molecule has 2 rings (SSSR count). The number of carbonyl (C=O) groups is 1. The maximum absolute atomic E-state index is 12.1. The molecule has 4 nitrogen and oxygen atoms in total. The molecular weight excluding hydrogens is 250 g/mol. The number of nitrogens with zero attached hydrogens (tertiary/aromatic N) is 1. The SMILES string of the molecule is Cc1ccc(NC(=O)N2CCNC[C@@H]2C)cc1Cl. The summed E-state index contributed by atoms with van der Waals surface area (Å²) in [6.07, 6.45) is 0. The van der Waals surface area contributed by atoms with Crippen molar-refractivity contribution in [1.29, 1.82) is 0 Å². The molecule has 1 heterocycles. The molecule has 1 aromatic carbocycles. The molecular formula is C13H18ClN3O. The molecule has 2 N–H and O–H groups in total. The van der Waals surface area contributed by atoms with Gasteiger partial charge in [-0.15, -0.1) is 0 Å². The molecule has 1 saturated heterocycles. The summed E-state index contributed by atoms with van der Waals surface area (Å²) < 4.78 is 0. The van der Waals surface area contributed by atoms with Gasteiger partial charge in [-0.2, -0.15) is 0 Å². The van der Waals surface area contributed by atoms with E-state index in [2.05, 4.69) is 10.6 Å². The first-order valence-electron chi connectivity index (χ1n) is 6.12. The highest BCUT2D eigenvalue weighted by atomic mass is 35.5. The molecule has 1 aliphatic rings. The number of piperazine rings is 1. The molecule has 1 fully saturated rings. The van der Waals surface area contributed by atoms with E-state index in [1.165, 1.54) is 0 Å². The van der Waals surface area contributed by atoms with Crippen molar-refractivity contribution in [3.63, 3.8) is 0 Å². The number of halogens is 1. The molecule has 2 amide bonds. The van der Waals surface area contributed by atoms with Crippen LogP contribution < -0.4 is 10.6 Å². The van der Waals surface area contributed by atoms with Crippen molar-refractivity contribution in [2.75, 3.05) is 25.0 Å². The Kier molecular flexibility index (Phi) is 4.09. The summed E-state index contributed by atoms with van der Waals surface area (Å²) >= 11 is 6.04. The number of anilines is 1. The van der Waals surface area contributed by atoms with Crippen LogP contribution in [0.5, 0.6) is 0 Å². The van der Waals surface area contributed by atoms with Crippen molar-refractivity contribution in [3.8, 4) is 0 Å². The molecule has 1 atom stereocenters. The largest absolute Gasteiger partial charge is 0.322 e. The minimum Gasteiger partial charge on any atom is -0.319 e. The van der Waals surface area contributed by atoms with E-state index in [1.54, 1.807) is 6.07 Å². The third kappa shape index (κ3) is 2.94. The highest BCUT2D eigenvalue weighted by molar-refractivity contribution is 6.31. The summed E-state index contributed by atoms with van der Waals surface area (Å²) in [5.74, 6) is 0. The molecule has 0 unspecified atom stereocenters. The molecule has 0 radical (unpaired) electrons. The van der Waals surface area contributed by atoms with E-state index in [1.807, 2.05) is 30.9 Å². The van der Waals surface area contributed by atoms with Gasteiger partial charge in [-0.1, -0.05) is 17.7 Å². The molecule has 0 spiro atoms. The zero-order valence-electron chi connectivity index (χ0n) is 10.7. The van der Waals surface area contributed by atoms with E-state index in [-0.39, 0.29) is 12.1 Å². The number of benzene rings is 1. The van der Waals surface area contributed by atoms with E-state index in [0.717, 1.165) is 30.9 Å². The number of hydrogen-bond donors (Lipinski definition) is 2. The maximum atomic E-state index is 12.1. The van der Waals surface area contributed by atoms with Gasteiger partial charge in [0.05, 0.1) is 0 Å². The Hall–Kier alpha value is -1.26. The van der Waals surface area contributed by atoms with Gasteiger partial charge in [0.2, 0.25) is 0 Å². The van der Waals surface area contributed by atoms with Gasteiger partial charge in [0.25, 0.3) is 0 Å². The van der Waals surface area contributed by atoms with Crippen LogP contribution >= 0.6 is 11.6 Å². The van der Waals surface area contributed by atoms with E-state index < -0.39 is 0 Å². The van der Waals surface area contributed by atoms with Crippen molar-refractivity contribution >= 4 is 23.3 Å². The van der Waals surface area contributed by atoms with Gasteiger partial charge in [0.1, 0.15) is 0 Å². The monoisotopic (exact) mass is 267 g/mol. The number of amides is 2. The smallest absolute Gasteiger partial charge is 0.319 e. The van der Waals surface area contributed by atoms with E-state index in [0.29, 0.717) is 5.02 Å². The average Bonchev–Trinajstić information content (AvgIpc) is 2.34. The number of carbonyl (C=O) groups excluding carboxylic acids is 1. The molecule has 1 aliphatic heterocycles. The van der Waals surface area contributed by atoms with Gasteiger partial charge in [-0.3, -0.25) is 0 Å². The lowest BCUT2D eigenvalue weighted by Crippen LogP contribution is -2.53. The van der Waals surface area contributed by atoms with Crippen LogP contribution in [0.15, 0.2) is 18.2 Å². The van der Waals surface area contributed by atoms with Gasteiger partial charge in [0.15, 0.2) is 0 Å². The third-order valence-corrected chi connectivity index (χ3v) is 3.59. The van der Waals surface area contributed by atoms with Crippen LogP contribution in [0.4, 0.5) is 10.5 Å². The quantitative estimate of drug-likeness (QED) is 0.821. The van der Waals surface area contributed by atoms with Crippen LogP contribution in [0.1, 0.15) is 12.5 Å². The zero-order valence-corrected chi connectivity index (χ0v) is 11.4. The highest BCUT2D eigenvalue weighted by Crippen LogP contribution is 2.20. The molecule has 18 heavy (non-hydrogen) atoms. The lowest BCUT2D eigenvalue weighted by molar-refractivity contribution is 0.177. The summed E-state index contributed by atoms with van der Waals surface area (Å²) in [4.78, 5) is 14.0. The van der Waals surface area contributed by atoms with Crippen LogP contribution in [0.25, 0.3) is 0 Å². The summed E-state index contributed by atoms with van der Waals surface area (Å²) in [7, 11) is 0. The van der Waals surface area contributed by atoms with E-state index in [4.69, 9.17) is 11.6 Å². The molecule has 0 aromatic heterocycles. The van der Waals surface area contributed by atoms with Crippen LogP contribution in [0, 0.1) is 6.92 Å². The molecule has 5 heteroatoms. The molecule has 0 saturated carbocycles. The van der Waals surface area contributed by atoms with Crippen molar-refractivity contribution in [2.45, 2.75) is 19.9 Å². The first kappa shape index (κ1) is 13.2. The lowest BCUT2D eigenvalue weighted by Gasteiger charge is -2.33. The second-order valence-electron chi connectivity index (χ2n) is 4.64. The maximum Gasteiger partial charge on any atom is 0.322 e. The summed E-state index contributed by atoms with van der Waals surface area (Å²) in [6.45, 7) is 6.38. The van der Waals surface area contributed by atoms with Crippen LogP contribution in [-0.2, 0) is 0 Å². The second-order valence-corrected chi connectivity index (χ2v) is 5.05. The second kappa shape index (κ2) is 5.59. The van der Waals surface area contributed by atoms with Crippen LogP contribution in [0.2, 0.25) is 5.02 Å². The Morgan fingerprint density at radius 3 is 3.00 bits per heavy atom. The minimum atomic E-state index is -0.0658. The van der Waals surface area contributed by atoms with Gasteiger partial charge in [0, 0.05) is 36.4 Å². The predicted octanol–water partition coefficient (Wildman–Crippen LogP) is 2.47. The fraction of sp³-hybridized carbons (Fsp3) is 0.462. The Morgan fingerprint density at radius 1 is 1.56 bits per heavy atom.